The number of hydrogen-bond acceptors (Lipinski definition) is 3. The summed E-state index contributed by atoms with van der Waals surface area (Å²) in [4.78, 5) is 10.6. The van der Waals surface area contributed by atoms with Crippen molar-refractivity contribution in [2.24, 2.45) is 0 Å². The average molecular weight is 201 g/mol. The van der Waals surface area contributed by atoms with Crippen LogP contribution in [0.2, 0.25) is 0 Å². The molecule has 0 saturated carbocycles. The van der Waals surface area contributed by atoms with Gasteiger partial charge in [-0.05, 0) is 26.2 Å². The van der Waals surface area contributed by atoms with Crippen molar-refractivity contribution < 1.29 is 14.6 Å². The highest BCUT2D eigenvalue weighted by atomic mass is 16.5. The summed E-state index contributed by atoms with van der Waals surface area (Å²) < 4.78 is 5.36. The van der Waals surface area contributed by atoms with Crippen LogP contribution in [0.5, 0.6) is 0 Å². The first-order chi connectivity index (χ1) is 6.63. The Kier molecular flexibility index (Phi) is 4.35. The second-order valence-electron chi connectivity index (χ2n) is 3.88. The molecule has 0 aromatic rings. The quantitative estimate of drug-likeness (QED) is 0.697. The van der Waals surface area contributed by atoms with Crippen molar-refractivity contribution in [3.05, 3.63) is 0 Å². The summed E-state index contributed by atoms with van der Waals surface area (Å²) in [7, 11) is 0. The lowest BCUT2D eigenvalue weighted by molar-refractivity contribution is -0.149. The highest BCUT2D eigenvalue weighted by Crippen LogP contribution is 2.19. The van der Waals surface area contributed by atoms with E-state index in [1.54, 1.807) is 0 Å². The van der Waals surface area contributed by atoms with E-state index in [1.165, 1.54) is 0 Å². The van der Waals surface area contributed by atoms with Gasteiger partial charge in [-0.1, -0.05) is 6.92 Å². The van der Waals surface area contributed by atoms with Crippen molar-refractivity contribution in [1.82, 2.24) is 5.32 Å². The van der Waals surface area contributed by atoms with E-state index in [2.05, 4.69) is 19.2 Å². The monoisotopic (exact) mass is 201 g/mol. The molecule has 0 bridgehead atoms. The van der Waals surface area contributed by atoms with Crippen LogP contribution in [0, 0.1) is 0 Å². The zero-order valence-electron chi connectivity index (χ0n) is 8.82. The Labute approximate surface area is 84.6 Å². The first-order valence-electron chi connectivity index (χ1n) is 5.25. The van der Waals surface area contributed by atoms with Crippen molar-refractivity contribution in [3.63, 3.8) is 0 Å². The van der Waals surface area contributed by atoms with Crippen molar-refractivity contribution >= 4 is 5.97 Å². The molecule has 0 spiro atoms. The topological polar surface area (TPSA) is 58.6 Å². The van der Waals surface area contributed by atoms with E-state index in [0.717, 1.165) is 19.4 Å². The Balaban J connectivity index is 2.19. The number of carboxylic acid groups (broad SMARTS) is 1. The third kappa shape index (κ3) is 3.27. The molecule has 14 heavy (non-hydrogen) atoms. The minimum atomic E-state index is -0.837. The molecule has 0 aliphatic carbocycles. The molecule has 82 valence electrons. The molecule has 1 fully saturated rings. The van der Waals surface area contributed by atoms with Crippen LogP contribution in [-0.2, 0) is 9.53 Å². The summed E-state index contributed by atoms with van der Waals surface area (Å²) in [5.74, 6) is -0.837. The van der Waals surface area contributed by atoms with E-state index in [-0.39, 0.29) is 6.10 Å². The average Bonchev–Trinajstić information content (AvgIpc) is 2.62. The second kappa shape index (κ2) is 5.32. The summed E-state index contributed by atoms with van der Waals surface area (Å²) >= 11 is 0. The Bertz CT molecular complexity index is 196. The molecule has 1 aliphatic heterocycles. The Hall–Kier alpha value is -0.610. The third-order valence-corrected chi connectivity index (χ3v) is 2.69. The number of rotatable bonds is 5. The van der Waals surface area contributed by atoms with E-state index in [0.29, 0.717) is 12.5 Å². The molecule has 1 rings (SSSR count). The van der Waals surface area contributed by atoms with Gasteiger partial charge in [0.15, 0.2) is 6.10 Å². The van der Waals surface area contributed by atoms with Gasteiger partial charge in [0.1, 0.15) is 0 Å². The highest BCUT2D eigenvalue weighted by Gasteiger charge is 2.30. The standard InChI is InChI=1S/C10H19NO3/c1-3-7(2)11-6-8-4-5-9(14-8)10(12)13/h7-9,11H,3-6H2,1-2H3,(H,12,13). The van der Waals surface area contributed by atoms with Crippen LogP contribution in [-0.4, -0.2) is 35.9 Å². The first kappa shape index (κ1) is 11.5. The minimum Gasteiger partial charge on any atom is -0.479 e. The van der Waals surface area contributed by atoms with Gasteiger partial charge in [-0.15, -0.1) is 0 Å². The maximum atomic E-state index is 10.6. The van der Waals surface area contributed by atoms with Crippen LogP contribution in [0.25, 0.3) is 0 Å². The molecule has 4 nitrogen and oxygen atoms in total. The van der Waals surface area contributed by atoms with Crippen molar-refractivity contribution in [1.29, 1.82) is 0 Å². The molecule has 1 saturated heterocycles. The molecule has 3 atom stereocenters. The van der Waals surface area contributed by atoms with Crippen molar-refractivity contribution in [2.75, 3.05) is 6.54 Å². The minimum absolute atomic E-state index is 0.0742. The Morgan fingerprint density at radius 3 is 2.86 bits per heavy atom. The molecule has 1 heterocycles. The second-order valence-corrected chi connectivity index (χ2v) is 3.88. The number of carboxylic acids is 1. The predicted molar refractivity (Wildman–Crippen MR) is 53.3 cm³/mol. The Morgan fingerprint density at radius 2 is 2.36 bits per heavy atom. The third-order valence-electron chi connectivity index (χ3n) is 2.69. The van der Waals surface area contributed by atoms with Gasteiger partial charge in [0.25, 0.3) is 0 Å². The molecule has 0 amide bonds. The molecular formula is C10H19NO3. The van der Waals surface area contributed by atoms with Crippen LogP contribution >= 0.6 is 0 Å². The predicted octanol–water partition coefficient (Wildman–Crippen LogP) is 1.01. The summed E-state index contributed by atoms with van der Waals surface area (Å²) in [6.45, 7) is 5.00. The maximum Gasteiger partial charge on any atom is 0.332 e. The Morgan fingerprint density at radius 1 is 1.64 bits per heavy atom. The highest BCUT2D eigenvalue weighted by molar-refractivity contribution is 5.72. The van der Waals surface area contributed by atoms with Crippen LogP contribution < -0.4 is 5.32 Å². The molecule has 0 radical (unpaired) electrons. The van der Waals surface area contributed by atoms with Crippen molar-refractivity contribution in [2.45, 2.75) is 51.4 Å². The molecule has 1 aliphatic rings. The van der Waals surface area contributed by atoms with Gasteiger partial charge >= 0.3 is 5.97 Å². The van der Waals surface area contributed by atoms with Gasteiger partial charge in [-0.25, -0.2) is 4.79 Å². The normalized spacial score (nSPS) is 29.0. The van der Waals surface area contributed by atoms with E-state index in [9.17, 15) is 4.79 Å². The fraction of sp³-hybridized carbons (Fsp3) is 0.900. The smallest absolute Gasteiger partial charge is 0.332 e. The van der Waals surface area contributed by atoms with Crippen molar-refractivity contribution in [3.8, 4) is 0 Å². The van der Waals surface area contributed by atoms with Gasteiger partial charge in [-0.3, -0.25) is 0 Å². The lowest BCUT2D eigenvalue weighted by Gasteiger charge is -2.15. The van der Waals surface area contributed by atoms with Gasteiger partial charge in [0, 0.05) is 12.6 Å². The van der Waals surface area contributed by atoms with Gasteiger partial charge in [-0.2, -0.15) is 0 Å². The summed E-state index contributed by atoms with van der Waals surface area (Å²) in [6, 6.07) is 0.475. The number of aliphatic carboxylic acids is 1. The molecule has 2 N–H and O–H groups in total. The number of hydrogen-bond donors (Lipinski definition) is 2. The lowest BCUT2D eigenvalue weighted by Crippen LogP contribution is -2.34. The lowest BCUT2D eigenvalue weighted by atomic mass is 10.2. The summed E-state index contributed by atoms with van der Waals surface area (Å²) in [5, 5.41) is 12.0. The first-order valence-corrected chi connectivity index (χ1v) is 5.25. The maximum absolute atomic E-state index is 10.6. The molecule has 0 aromatic carbocycles. The zero-order valence-corrected chi connectivity index (χ0v) is 8.82. The van der Waals surface area contributed by atoms with E-state index in [1.807, 2.05) is 0 Å². The number of nitrogens with one attached hydrogen (secondary N) is 1. The summed E-state index contributed by atoms with van der Waals surface area (Å²) in [5.41, 5.74) is 0. The largest absolute Gasteiger partial charge is 0.479 e. The van der Waals surface area contributed by atoms with Gasteiger partial charge in [0.05, 0.1) is 6.10 Å². The molecule has 0 aromatic heterocycles. The SMILES string of the molecule is CCC(C)NCC1CCC(C(=O)O)O1. The van der Waals surface area contributed by atoms with Crippen LogP contribution in [0.4, 0.5) is 0 Å². The molecular weight excluding hydrogens is 182 g/mol. The summed E-state index contributed by atoms with van der Waals surface area (Å²) in [6.07, 6.45) is 2.06. The van der Waals surface area contributed by atoms with Gasteiger partial charge < -0.3 is 15.2 Å². The van der Waals surface area contributed by atoms with Gasteiger partial charge in [0.2, 0.25) is 0 Å². The number of ether oxygens (including phenoxy) is 1. The zero-order chi connectivity index (χ0) is 10.6. The fourth-order valence-corrected chi connectivity index (χ4v) is 1.51. The van der Waals surface area contributed by atoms with E-state index in [4.69, 9.17) is 9.84 Å². The van der Waals surface area contributed by atoms with Crippen LogP contribution in [0.15, 0.2) is 0 Å². The van der Waals surface area contributed by atoms with Crippen LogP contribution in [0.3, 0.4) is 0 Å². The fourth-order valence-electron chi connectivity index (χ4n) is 1.51. The van der Waals surface area contributed by atoms with E-state index < -0.39 is 12.1 Å². The molecule has 3 unspecified atom stereocenters. The number of carbonyl (C=O) groups is 1. The van der Waals surface area contributed by atoms with E-state index >= 15 is 0 Å². The van der Waals surface area contributed by atoms with Crippen LogP contribution in [0.1, 0.15) is 33.1 Å². The molecule has 4 heteroatoms.